The molecule has 5 heteroatoms. The largest absolute Gasteiger partial charge is 0.497 e. The molecule has 1 heterocycles. The van der Waals surface area contributed by atoms with Crippen molar-refractivity contribution in [2.24, 2.45) is 0 Å². The van der Waals surface area contributed by atoms with E-state index in [1.54, 1.807) is 14.2 Å². The third kappa shape index (κ3) is 3.36. The molecule has 1 aromatic heterocycles. The minimum atomic E-state index is 0.166. The Morgan fingerprint density at radius 3 is 2.57 bits per heavy atom. The van der Waals surface area contributed by atoms with Gasteiger partial charge in [0, 0.05) is 35.5 Å². The van der Waals surface area contributed by atoms with Crippen LogP contribution in [0.25, 0.3) is 0 Å². The Labute approximate surface area is 125 Å². The van der Waals surface area contributed by atoms with E-state index in [2.05, 4.69) is 22.4 Å². The molecule has 1 unspecified atom stereocenters. The van der Waals surface area contributed by atoms with E-state index in [1.165, 1.54) is 5.56 Å². The van der Waals surface area contributed by atoms with Crippen molar-refractivity contribution in [1.82, 2.24) is 15.5 Å². The molecule has 1 aromatic carbocycles. The topological polar surface area (TPSA) is 59.2 Å². The fraction of sp³-hybridized carbons (Fsp3) is 0.438. The number of ether oxygens (including phenoxy) is 2. The molecular weight excluding hydrogens is 266 g/mol. The fourth-order valence-electron chi connectivity index (χ4n) is 2.38. The molecule has 2 rings (SSSR count). The van der Waals surface area contributed by atoms with Gasteiger partial charge in [0.15, 0.2) is 0 Å². The highest BCUT2D eigenvalue weighted by Gasteiger charge is 2.14. The number of H-pyrrole nitrogens is 1. The predicted octanol–water partition coefficient (Wildman–Crippen LogP) is 2.89. The number of nitrogens with zero attached hydrogens (tertiary/aromatic N) is 1. The summed E-state index contributed by atoms with van der Waals surface area (Å²) in [4.78, 5) is 0. The maximum atomic E-state index is 5.45. The van der Waals surface area contributed by atoms with Crippen LogP contribution in [0, 0.1) is 13.8 Å². The smallest absolute Gasteiger partial charge is 0.127 e. The highest BCUT2D eigenvalue weighted by Crippen LogP contribution is 2.29. The Bertz CT molecular complexity index is 588. The van der Waals surface area contributed by atoms with Crippen molar-refractivity contribution in [3.63, 3.8) is 0 Å². The fourth-order valence-corrected chi connectivity index (χ4v) is 2.38. The quantitative estimate of drug-likeness (QED) is 0.858. The van der Waals surface area contributed by atoms with Crippen LogP contribution < -0.4 is 14.8 Å². The van der Waals surface area contributed by atoms with Gasteiger partial charge in [0.25, 0.3) is 0 Å². The van der Waals surface area contributed by atoms with Crippen LogP contribution in [0.3, 0.4) is 0 Å². The minimum absolute atomic E-state index is 0.166. The summed E-state index contributed by atoms with van der Waals surface area (Å²) in [6.07, 6.45) is 0. The number of aromatic amines is 1. The molecule has 21 heavy (non-hydrogen) atoms. The first kappa shape index (κ1) is 15.4. The van der Waals surface area contributed by atoms with Crippen molar-refractivity contribution in [1.29, 1.82) is 0 Å². The van der Waals surface area contributed by atoms with Gasteiger partial charge in [-0.05, 0) is 26.8 Å². The molecule has 0 aliphatic heterocycles. The molecule has 0 aliphatic carbocycles. The van der Waals surface area contributed by atoms with E-state index >= 15 is 0 Å². The molecule has 0 radical (unpaired) electrons. The first-order valence-electron chi connectivity index (χ1n) is 7.02. The number of rotatable bonds is 6. The molecule has 2 aromatic rings. The van der Waals surface area contributed by atoms with Gasteiger partial charge in [0.05, 0.1) is 19.9 Å². The summed E-state index contributed by atoms with van der Waals surface area (Å²) >= 11 is 0. The number of aryl methyl sites for hydroxylation is 2. The van der Waals surface area contributed by atoms with Gasteiger partial charge in [-0.1, -0.05) is 6.07 Å². The molecule has 0 bridgehead atoms. The standard InChI is InChI=1S/C16H23N3O2/c1-10(17-9-15-11(2)18-19-12(15)3)14-7-6-13(20-4)8-16(14)21-5/h6-8,10,17H,9H2,1-5H3,(H,18,19). The van der Waals surface area contributed by atoms with E-state index in [1.807, 2.05) is 32.0 Å². The van der Waals surface area contributed by atoms with Crippen LogP contribution in [-0.4, -0.2) is 24.4 Å². The van der Waals surface area contributed by atoms with Crippen LogP contribution in [0.1, 0.15) is 35.5 Å². The molecule has 0 saturated carbocycles. The molecular formula is C16H23N3O2. The predicted molar refractivity (Wildman–Crippen MR) is 82.9 cm³/mol. The summed E-state index contributed by atoms with van der Waals surface area (Å²) in [5.41, 5.74) is 4.47. The molecule has 0 amide bonds. The third-order valence-corrected chi connectivity index (χ3v) is 3.77. The van der Waals surface area contributed by atoms with Gasteiger partial charge in [-0.2, -0.15) is 5.10 Å². The second-order valence-electron chi connectivity index (χ2n) is 5.12. The molecule has 0 fully saturated rings. The van der Waals surface area contributed by atoms with E-state index < -0.39 is 0 Å². The normalized spacial score (nSPS) is 12.2. The van der Waals surface area contributed by atoms with E-state index in [-0.39, 0.29) is 6.04 Å². The lowest BCUT2D eigenvalue weighted by Gasteiger charge is -2.18. The summed E-state index contributed by atoms with van der Waals surface area (Å²) in [5, 5.41) is 10.7. The summed E-state index contributed by atoms with van der Waals surface area (Å²) in [6.45, 7) is 6.94. The van der Waals surface area contributed by atoms with Crippen molar-refractivity contribution < 1.29 is 9.47 Å². The highest BCUT2D eigenvalue weighted by molar-refractivity contribution is 5.42. The first-order chi connectivity index (χ1) is 10.1. The Morgan fingerprint density at radius 1 is 1.24 bits per heavy atom. The molecule has 5 nitrogen and oxygen atoms in total. The van der Waals surface area contributed by atoms with Gasteiger partial charge in [0.2, 0.25) is 0 Å². The van der Waals surface area contributed by atoms with E-state index in [0.29, 0.717) is 0 Å². The summed E-state index contributed by atoms with van der Waals surface area (Å²) in [7, 11) is 3.33. The summed E-state index contributed by atoms with van der Waals surface area (Å²) in [6, 6.07) is 6.05. The lowest BCUT2D eigenvalue weighted by atomic mass is 10.1. The van der Waals surface area contributed by atoms with E-state index in [9.17, 15) is 0 Å². The van der Waals surface area contributed by atoms with Crippen LogP contribution in [0.5, 0.6) is 11.5 Å². The Balaban J connectivity index is 2.11. The van der Waals surface area contributed by atoms with Crippen LogP contribution in [-0.2, 0) is 6.54 Å². The van der Waals surface area contributed by atoms with Gasteiger partial charge in [-0.25, -0.2) is 0 Å². The molecule has 114 valence electrons. The Morgan fingerprint density at radius 2 is 2.00 bits per heavy atom. The third-order valence-electron chi connectivity index (χ3n) is 3.77. The maximum Gasteiger partial charge on any atom is 0.127 e. The number of hydrogen-bond acceptors (Lipinski definition) is 4. The number of aromatic nitrogens is 2. The zero-order valence-electron chi connectivity index (χ0n) is 13.3. The number of methoxy groups -OCH3 is 2. The first-order valence-corrected chi connectivity index (χ1v) is 7.02. The van der Waals surface area contributed by atoms with Gasteiger partial charge >= 0.3 is 0 Å². The average Bonchev–Trinajstić information content (AvgIpc) is 2.82. The van der Waals surface area contributed by atoms with Crippen molar-refractivity contribution in [2.75, 3.05) is 14.2 Å². The van der Waals surface area contributed by atoms with Gasteiger partial charge in [0.1, 0.15) is 11.5 Å². The van der Waals surface area contributed by atoms with Crippen molar-refractivity contribution in [3.05, 3.63) is 40.7 Å². The molecule has 0 spiro atoms. The number of hydrogen-bond donors (Lipinski definition) is 2. The minimum Gasteiger partial charge on any atom is -0.497 e. The van der Waals surface area contributed by atoms with Crippen LogP contribution >= 0.6 is 0 Å². The monoisotopic (exact) mass is 289 g/mol. The van der Waals surface area contributed by atoms with Gasteiger partial charge in [-0.3, -0.25) is 5.10 Å². The van der Waals surface area contributed by atoms with Gasteiger partial charge < -0.3 is 14.8 Å². The number of nitrogens with one attached hydrogen (secondary N) is 2. The highest BCUT2D eigenvalue weighted by atomic mass is 16.5. The van der Waals surface area contributed by atoms with Crippen molar-refractivity contribution >= 4 is 0 Å². The van der Waals surface area contributed by atoms with Crippen LogP contribution in [0.15, 0.2) is 18.2 Å². The van der Waals surface area contributed by atoms with E-state index in [4.69, 9.17) is 9.47 Å². The second-order valence-corrected chi connectivity index (χ2v) is 5.12. The zero-order valence-corrected chi connectivity index (χ0v) is 13.3. The van der Waals surface area contributed by atoms with Crippen molar-refractivity contribution in [2.45, 2.75) is 33.4 Å². The van der Waals surface area contributed by atoms with Crippen molar-refractivity contribution in [3.8, 4) is 11.5 Å². The Hall–Kier alpha value is -2.01. The SMILES string of the molecule is COc1ccc(C(C)NCc2c(C)n[nH]c2C)c(OC)c1. The lowest BCUT2D eigenvalue weighted by Crippen LogP contribution is -2.19. The molecule has 1 atom stereocenters. The summed E-state index contributed by atoms with van der Waals surface area (Å²) < 4.78 is 10.7. The molecule has 2 N–H and O–H groups in total. The number of benzene rings is 1. The maximum absolute atomic E-state index is 5.45. The van der Waals surface area contributed by atoms with Gasteiger partial charge in [-0.15, -0.1) is 0 Å². The molecule has 0 aliphatic rings. The Kier molecular flexibility index (Phi) is 4.85. The van der Waals surface area contributed by atoms with Crippen LogP contribution in [0.2, 0.25) is 0 Å². The molecule has 0 saturated heterocycles. The lowest BCUT2D eigenvalue weighted by molar-refractivity contribution is 0.385. The van der Waals surface area contributed by atoms with Crippen LogP contribution in [0.4, 0.5) is 0 Å². The second kappa shape index (κ2) is 6.63. The zero-order chi connectivity index (χ0) is 15.4. The average molecular weight is 289 g/mol. The summed E-state index contributed by atoms with van der Waals surface area (Å²) in [5.74, 6) is 1.62. The van der Waals surface area contributed by atoms with E-state index in [0.717, 1.165) is 35.0 Å².